The number of anilines is 1. The molecule has 3 rings (SSSR count). The van der Waals surface area contributed by atoms with Gasteiger partial charge in [0.05, 0.1) is 32.4 Å². The summed E-state index contributed by atoms with van der Waals surface area (Å²) in [4.78, 5) is 24.6. The van der Waals surface area contributed by atoms with Gasteiger partial charge in [0.25, 0.3) is 0 Å². The molecule has 0 radical (unpaired) electrons. The number of hydrogen-bond acceptors (Lipinski definition) is 5. The van der Waals surface area contributed by atoms with Gasteiger partial charge in [0.15, 0.2) is 0 Å². The van der Waals surface area contributed by atoms with Gasteiger partial charge < -0.3 is 25.4 Å². The van der Waals surface area contributed by atoms with Crippen molar-refractivity contribution < 1.29 is 19.1 Å². The van der Waals surface area contributed by atoms with E-state index in [0.29, 0.717) is 17.2 Å². The normalized spacial score (nSPS) is 25.5. The minimum atomic E-state index is -0.497. The topological polar surface area (TPSA) is 88.7 Å². The third-order valence-corrected chi connectivity index (χ3v) is 4.90. The van der Waals surface area contributed by atoms with E-state index >= 15 is 0 Å². The fourth-order valence-electron chi connectivity index (χ4n) is 3.56. The van der Waals surface area contributed by atoms with Crippen LogP contribution in [-0.2, 0) is 9.59 Å². The predicted molar refractivity (Wildman–Crippen MR) is 93.9 cm³/mol. The van der Waals surface area contributed by atoms with Crippen molar-refractivity contribution in [3.8, 4) is 11.5 Å². The highest BCUT2D eigenvalue weighted by Gasteiger charge is 2.37. The zero-order valence-electron chi connectivity index (χ0n) is 14.6. The van der Waals surface area contributed by atoms with Crippen LogP contribution < -0.4 is 25.4 Å². The third-order valence-electron chi connectivity index (χ3n) is 4.90. The molecule has 3 N–H and O–H groups in total. The Kier molecular flexibility index (Phi) is 5.43. The number of nitrogens with one attached hydrogen (secondary N) is 3. The molecule has 7 heteroatoms. The summed E-state index contributed by atoms with van der Waals surface area (Å²) in [6.45, 7) is 0. The van der Waals surface area contributed by atoms with Gasteiger partial charge in [0.1, 0.15) is 11.5 Å². The van der Waals surface area contributed by atoms with Crippen LogP contribution in [0, 0.1) is 0 Å². The molecule has 0 bridgehead atoms. The summed E-state index contributed by atoms with van der Waals surface area (Å²) >= 11 is 0. The smallest absolute Gasteiger partial charge is 0.237 e. The Balaban J connectivity index is 1.61. The number of carbonyl (C=O) groups excluding carboxylic acids is 2. The second-order valence-corrected chi connectivity index (χ2v) is 6.54. The Morgan fingerprint density at radius 3 is 2.68 bits per heavy atom. The van der Waals surface area contributed by atoms with E-state index in [1.165, 1.54) is 7.11 Å². The molecular weight excluding hydrogens is 322 g/mol. The van der Waals surface area contributed by atoms with E-state index in [-0.39, 0.29) is 30.3 Å². The lowest BCUT2D eigenvalue weighted by Gasteiger charge is -2.40. The van der Waals surface area contributed by atoms with Crippen molar-refractivity contribution in [1.82, 2.24) is 10.6 Å². The Morgan fingerprint density at radius 2 is 1.96 bits per heavy atom. The highest BCUT2D eigenvalue weighted by molar-refractivity contribution is 5.96. The van der Waals surface area contributed by atoms with Crippen LogP contribution >= 0.6 is 0 Å². The molecule has 0 spiro atoms. The molecule has 1 heterocycles. The minimum absolute atomic E-state index is 0.0875. The second-order valence-electron chi connectivity index (χ2n) is 6.54. The number of piperazine rings is 1. The fraction of sp³-hybridized carbons (Fsp3) is 0.556. The first-order valence-corrected chi connectivity index (χ1v) is 8.69. The molecule has 3 atom stereocenters. The van der Waals surface area contributed by atoms with Crippen molar-refractivity contribution >= 4 is 17.5 Å². The molecule has 0 aromatic heterocycles. The number of ether oxygens (including phenoxy) is 2. The molecule has 1 saturated heterocycles. The van der Waals surface area contributed by atoms with Crippen molar-refractivity contribution in [3.05, 3.63) is 18.2 Å². The van der Waals surface area contributed by atoms with Crippen molar-refractivity contribution in [3.63, 3.8) is 0 Å². The van der Waals surface area contributed by atoms with Crippen LogP contribution in [0.3, 0.4) is 0 Å². The van der Waals surface area contributed by atoms with E-state index in [9.17, 15) is 9.59 Å². The van der Waals surface area contributed by atoms with Crippen LogP contribution in [0.1, 0.15) is 32.1 Å². The van der Waals surface area contributed by atoms with Crippen molar-refractivity contribution in [1.29, 1.82) is 0 Å². The molecule has 1 saturated carbocycles. The van der Waals surface area contributed by atoms with Crippen molar-refractivity contribution in [2.45, 2.75) is 50.2 Å². The Bertz CT molecular complexity index is 649. The SMILES string of the molecule is COc1ccc(NC(=O)C[C@H]2N[C@@H]3CCCC[C@@H]3NC2=O)c(OC)c1. The average molecular weight is 347 g/mol. The summed E-state index contributed by atoms with van der Waals surface area (Å²) in [5.74, 6) is 0.831. The maximum absolute atomic E-state index is 12.4. The fourth-order valence-corrected chi connectivity index (χ4v) is 3.56. The lowest BCUT2D eigenvalue weighted by atomic mass is 9.87. The average Bonchev–Trinajstić information content (AvgIpc) is 2.62. The molecule has 1 aliphatic heterocycles. The molecule has 7 nitrogen and oxygen atoms in total. The molecule has 25 heavy (non-hydrogen) atoms. The molecule has 2 fully saturated rings. The van der Waals surface area contributed by atoms with E-state index in [1.807, 2.05) is 0 Å². The summed E-state index contributed by atoms with van der Waals surface area (Å²) in [5.41, 5.74) is 0.556. The second kappa shape index (κ2) is 7.74. The van der Waals surface area contributed by atoms with Crippen LogP contribution in [0.5, 0.6) is 11.5 Å². The first-order chi connectivity index (χ1) is 12.1. The Morgan fingerprint density at radius 1 is 1.20 bits per heavy atom. The van der Waals surface area contributed by atoms with E-state index in [1.54, 1.807) is 25.3 Å². The highest BCUT2D eigenvalue weighted by atomic mass is 16.5. The summed E-state index contributed by atoms with van der Waals surface area (Å²) in [5, 5.41) is 9.21. The number of hydrogen-bond donors (Lipinski definition) is 3. The monoisotopic (exact) mass is 347 g/mol. The first kappa shape index (κ1) is 17.5. The van der Waals surface area contributed by atoms with Gasteiger partial charge in [-0.3, -0.25) is 9.59 Å². The molecule has 1 aromatic carbocycles. The Hall–Kier alpha value is -2.28. The number of amides is 2. The van der Waals surface area contributed by atoms with Gasteiger partial charge in [-0.1, -0.05) is 12.8 Å². The molecule has 2 aliphatic rings. The Labute approximate surface area is 147 Å². The van der Waals surface area contributed by atoms with Gasteiger partial charge in [0, 0.05) is 18.2 Å². The van der Waals surface area contributed by atoms with Crippen molar-refractivity contribution in [2.75, 3.05) is 19.5 Å². The van der Waals surface area contributed by atoms with Gasteiger partial charge in [-0.2, -0.15) is 0 Å². The van der Waals surface area contributed by atoms with Gasteiger partial charge in [0.2, 0.25) is 11.8 Å². The molecule has 136 valence electrons. The van der Waals surface area contributed by atoms with Gasteiger partial charge in [-0.05, 0) is 25.0 Å². The summed E-state index contributed by atoms with van der Waals surface area (Å²) in [6.07, 6.45) is 4.43. The number of rotatable bonds is 5. The zero-order valence-corrected chi connectivity index (χ0v) is 14.6. The molecular formula is C18H25N3O4. The van der Waals surface area contributed by atoms with Crippen LogP contribution in [0.4, 0.5) is 5.69 Å². The quantitative estimate of drug-likeness (QED) is 0.750. The van der Waals surface area contributed by atoms with E-state index in [0.717, 1.165) is 25.7 Å². The zero-order chi connectivity index (χ0) is 17.8. The maximum atomic E-state index is 12.4. The minimum Gasteiger partial charge on any atom is -0.497 e. The van der Waals surface area contributed by atoms with E-state index in [4.69, 9.17) is 9.47 Å². The van der Waals surface area contributed by atoms with Crippen LogP contribution in [-0.4, -0.2) is 44.2 Å². The van der Waals surface area contributed by atoms with Gasteiger partial charge in [-0.25, -0.2) is 0 Å². The molecule has 2 amide bonds. The summed E-state index contributed by atoms with van der Waals surface area (Å²) in [7, 11) is 3.10. The summed E-state index contributed by atoms with van der Waals surface area (Å²) < 4.78 is 10.4. The van der Waals surface area contributed by atoms with Crippen LogP contribution in [0.2, 0.25) is 0 Å². The standard InChI is InChI=1S/C18H25N3O4/c1-24-11-7-8-14(16(9-11)25-2)20-17(22)10-15-18(23)21-13-6-4-3-5-12(13)19-15/h7-9,12-13,15,19H,3-6,10H2,1-2H3,(H,20,22)(H,21,23)/t12-,13+,15-/m1/s1. The predicted octanol–water partition coefficient (Wildman–Crippen LogP) is 1.43. The van der Waals surface area contributed by atoms with Crippen LogP contribution in [0.15, 0.2) is 18.2 Å². The van der Waals surface area contributed by atoms with Gasteiger partial charge >= 0.3 is 0 Å². The number of fused-ring (bicyclic) bond motifs is 1. The third kappa shape index (κ3) is 4.04. The van der Waals surface area contributed by atoms with E-state index in [2.05, 4.69) is 16.0 Å². The van der Waals surface area contributed by atoms with Crippen LogP contribution in [0.25, 0.3) is 0 Å². The van der Waals surface area contributed by atoms with Gasteiger partial charge in [-0.15, -0.1) is 0 Å². The molecule has 1 aliphatic carbocycles. The number of benzene rings is 1. The summed E-state index contributed by atoms with van der Waals surface area (Å²) in [6, 6.07) is 5.14. The lowest BCUT2D eigenvalue weighted by Crippen LogP contribution is -2.65. The molecule has 1 aromatic rings. The number of carbonyl (C=O) groups is 2. The largest absolute Gasteiger partial charge is 0.497 e. The number of methoxy groups -OCH3 is 2. The van der Waals surface area contributed by atoms with Crippen molar-refractivity contribution in [2.24, 2.45) is 0 Å². The van der Waals surface area contributed by atoms with E-state index < -0.39 is 6.04 Å². The molecule has 0 unspecified atom stereocenters. The first-order valence-electron chi connectivity index (χ1n) is 8.69. The highest BCUT2D eigenvalue weighted by Crippen LogP contribution is 2.29. The maximum Gasteiger partial charge on any atom is 0.237 e. The lowest BCUT2D eigenvalue weighted by molar-refractivity contribution is -0.129.